The van der Waals surface area contributed by atoms with E-state index in [0.29, 0.717) is 13.0 Å². The van der Waals surface area contributed by atoms with Gasteiger partial charge in [0.05, 0.1) is 19.3 Å². The molecule has 0 bridgehead atoms. The molecule has 0 saturated carbocycles. The lowest BCUT2D eigenvalue weighted by atomic mass is 10.0. The maximum Gasteiger partial charge on any atom is 0.183 e. The van der Waals surface area contributed by atoms with E-state index >= 15 is 0 Å². The van der Waals surface area contributed by atoms with Crippen LogP contribution in [0, 0.1) is 0 Å². The molecule has 3 saturated heterocycles. The minimum Gasteiger partial charge on any atom is -0.394 e. The zero-order chi connectivity index (χ0) is 22.7. The van der Waals surface area contributed by atoms with Crippen molar-refractivity contribution in [2.24, 2.45) is 0 Å². The number of rotatable bonds is 6. The average Bonchev–Trinajstić information content (AvgIpc) is 3.16. The van der Waals surface area contributed by atoms with E-state index in [2.05, 4.69) is 0 Å². The molecular formula is C20H38O10. The lowest BCUT2D eigenvalue weighted by Gasteiger charge is -2.33. The third-order valence-electron chi connectivity index (χ3n) is 5.32. The average molecular weight is 439 g/mol. The molecule has 30 heavy (non-hydrogen) atoms. The maximum absolute atomic E-state index is 9.82. The van der Waals surface area contributed by atoms with Gasteiger partial charge < -0.3 is 48.5 Å². The molecule has 3 heterocycles. The standard InChI is InChI=1S/C11H22O5.C9H16O5/c1-5-7(13)9(14-4)10-8(6-12)15-11(2,3)16-10;1-9(2)13-5-4-12-8(10)7(11-3)6(5)14-9/h7-10,12-13H,5-6H2,1-4H3;5-8,10H,4H2,1-3H3/t7-,8-,9-,10-;5-,6?,7+,8?/m00/s1. The van der Waals surface area contributed by atoms with Gasteiger partial charge in [0.1, 0.15) is 36.6 Å². The van der Waals surface area contributed by atoms with Gasteiger partial charge in [-0.05, 0) is 34.1 Å². The lowest BCUT2D eigenvalue weighted by molar-refractivity contribution is -0.238. The monoisotopic (exact) mass is 438 g/mol. The first-order valence-electron chi connectivity index (χ1n) is 10.3. The normalized spacial score (nSPS) is 39.0. The summed E-state index contributed by atoms with van der Waals surface area (Å²) in [6.07, 6.45) is -3.25. The topological polar surface area (TPSA) is 125 Å². The minimum absolute atomic E-state index is 0.148. The van der Waals surface area contributed by atoms with Crippen molar-refractivity contribution in [1.29, 1.82) is 0 Å². The molecule has 3 N–H and O–H groups in total. The molecule has 0 aromatic heterocycles. The maximum atomic E-state index is 9.82. The Balaban J connectivity index is 0.000000215. The summed E-state index contributed by atoms with van der Waals surface area (Å²) in [6, 6.07) is 0. The number of hydrogen-bond donors (Lipinski definition) is 3. The first-order chi connectivity index (χ1) is 14.0. The van der Waals surface area contributed by atoms with Crippen LogP contribution in [0.3, 0.4) is 0 Å². The van der Waals surface area contributed by atoms with Gasteiger partial charge in [0.2, 0.25) is 0 Å². The third-order valence-corrected chi connectivity index (χ3v) is 5.32. The SMILES string of the molecule is CC[C@H](O)[C@H](OC)[C@H]1OC(C)(C)O[C@H]1CO.CO[C@H]1C(O)OC[C@@H]2OC(C)(C)OC12. The Morgan fingerprint density at radius 3 is 2.20 bits per heavy atom. The van der Waals surface area contributed by atoms with Crippen LogP contribution in [0.2, 0.25) is 0 Å². The number of aliphatic hydroxyl groups is 3. The summed E-state index contributed by atoms with van der Waals surface area (Å²) in [6.45, 7) is 9.29. The predicted octanol–water partition coefficient (Wildman–Crippen LogP) is 0.155. The molecule has 178 valence electrons. The van der Waals surface area contributed by atoms with Crippen LogP contribution in [0.25, 0.3) is 0 Å². The molecule has 0 amide bonds. The summed E-state index contributed by atoms with van der Waals surface area (Å²) in [5, 5.41) is 28.5. The quantitative estimate of drug-likeness (QED) is 0.528. The highest BCUT2D eigenvalue weighted by Crippen LogP contribution is 2.35. The molecule has 0 radical (unpaired) electrons. The zero-order valence-electron chi connectivity index (χ0n) is 18.9. The molecule has 0 aliphatic carbocycles. The summed E-state index contributed by atoms with van der Waals surface area (Å²) >= 11 is 0. The summed E-state index contributed by atoms with van der Waals surface area (Å²) in [7, 11) is 3.04. The molecule has 0 aromatic carbocycles. The molecule has 10 nitrogen and oxygen atoms in total. The summed E-state index contributed by atoms with van der Waals surface area (Å²) in [5.74, 6) is -1.37. The van der Waals surface area contributed by atoms with Crippen LogP contribution in [0.5, 0.6) is 0 Å². The predicted molar refractivity (Wildman–Crippen MR) is 105 cm³/mol. The van der Waals surface area contributed by atoms with Crippen molar-refractivity contribution >= 4 is 0 Å². The van der Waals surface area contributed by atoms with Gasteiger partial charge in [0, 0.05) is 14.2 Å². The number of fused-ring (bicyclic) bond motifs is 1. The van der Waals surface area contributed by atoms with Gasteiger partial charge in [-0.15, -0.1) is 0 Å². The van der Waals surface area contributed by atoms with Crippen LogP contribution >= 0.6 is 0 Å². The second-order valence-electron chi connectivity index (χ2n) is 8.56. The fraction of sp³-hybridized carbons (Fsp3) is 1.00. The van der Waals surface area contributed by atoms with E-state index in [9.17, 15) is 15.3 Å². The van der Waals surface area contributed by atoms with E-state index in [1.807, 2.05) is 20.8 Å². The highest BCUT2D eigenvalue weighted by Gasteiger charge is 2.51. The van der Waals surface area contributed by atoms with Gasteiger partial charge in [0.25, 0.3) is 0 Å². The Morgan fingerprint density at radius 1 is 1.03 bits per heavy atom. The highest BCUT2D eigenvalue weighted by molar-refractivity contribution is 4.92. The number of hydrogen-bond acceptors (Lipinski definition) is 10. The number of methoxy groups -OCH3 is 2. The van der Waals surface area contributed by atoms with Crippen molar-refractivity contribution in [2.45, 2.75) is 102 Å². The van der Waals surface area contributed by atoms with E-state index in [1.165, 1.54) is 14.2 Å². The first-order valence-corrected chi connectivity index (χ1v) is 10.3. The minimum atomic E-state index is -0.932. The molecular weight excluding hydrogens is 400 g/mol. The molecule has 3 rings (SSSR count). The van der Waals surface area contributed by atoms with Crippen LogP contribution in [0.15, 0.2) is 0 Å². The third kappa shape index (κ3) is 6.10. The first kappa shape index (κ1) is 25.9. The van der Waals surface area contributed by atoms with Gasteiger partial charge in [-0.3, -0.25) is 0 Å². The van der Waals surface area contributed by atoms with Gasteiger partial charge in [-0.25, -0.2) is 0 Å². The Bertz CT molecular complexity index is 528. The van der Waals surface area contributed by atoms with Crippen LogP contribution < -0.4 is 0 Å². The Labute approximate surface area is 178 Å². The van der Waals surface area contributed by atoms with Crippen molar-refractivity contribution in [1.82, 2.24) is 0 Å². The molecule has 8 atom stereocenters. The van der Waals surface area contributed by atoms with Crippen LogP contribution in [-0.4, -0.2) is 103 Å². The van der Waals surface area contributed by atoms with E-state index in [-0.39, 0.29) is 18.8 Å². The van der Waals surface area contributed by atoms with Crippen molar-refractivity contribution in [3.8, 4) is 0 Å². The van der Waals surface area contributed by atoms with E-state index in [0.717, 1.165) is 0 Å². The highest BCUT2D eigenvalue weighted by atomic mass is 16.8. The fourth-order valence-electron chi connectivity index (χ4n) is 4.00. The molecule has 2 unspecified atom stereocenters. The van der Waals surface area contributed by atoms with Gasteiger partial charge >= 0.3 is 0 Å². The van der Waals surface area contributed by atoms with Gasteiger partial charge in [-0.2, -0.15) is 0 Å². The van der Waals surface area contributed by atoms with Crippen molar-refractivity contribution in [3.05, 3.63) is 0 Å². The fourth-order valence-corrected chi connectivity index (χ4v) is 4.00. The van der Waals surface area contributed by atoms with Gasteiger partial charge in [-0.1, -0.05) is 6.92 Å². The molecule has 3 fully saturated rings. The summed E-state index contributed by atoms with van der Waals surface area (Å²) in [4.78, 5) is 0. The summed E-state index contributed by atoms with van der Waals surface area (Å²) < 4.78 is 37.9. The van der Waals surface area contributed by atoms with Crippen LogP contribution in [0.4, 0.5) is 0 Å². The molecule has 0 aromatic rings. The zero-order valence-corrected chi connectivity index (χ0v) is 18.9. The molecule has 0 spiro atoms. The van der Waals surface area contributed by atoms with Crippen LogP contribution in [-0.2, 0) is 33.2 Å². The largest absolute Gasteiger partial charge is 0.394 e. The lowest BCUT2D eigenvalue weighted by Crippen LogP contribution is -2.52. The van der Waals surface area contributed by atoms with Crippen LogP contribution in [0.1, 0.15) is 41.0 Å². The van der Waals surface area contributed by atoms with Crippen molar-refractivity contribution in [2.75, 3.05) is 27.4 Å². The smallest absolute Gasteiger partial charge is 0.183 e. The van der Waals surface area contributed by atoms with Crippen molar-refractivity contribution in [3.63, 3.8) is 0 Å². The van der Waals surface area contributed by atoms with E-state index in [4.69, 9.17) is 33.2 Å². The Kier molecular flexibility index (Phi) is 9.03. The second kappa shape index (κ2) is 10.5. The molecule has 3 aliphatic rings. The second-order valence-corrected chi connectivity index (χ2v) is 8.56. The van der Waals surface area contributed by atoms with Crippen molar-refractivity contribution < 1.29 is 48.5 Å². The Hall–Kier alpha value is -0.400. The molecule has 3 aliphatic heterocycles. The number of aliphatic hydroxyl groups excluding tert-OH is 3. The van der Waals surface area contributed by atoms with Gasteiger partial charge in [0.15, 0.2) is 17.9 Å². The van der Waals surface area contributed by atoms with E-state index < -0.39 is 48.4 Å². The van der Waals surface area contributed by atoms with E-state index in [1.54, 1.807) is 13.8 Å². The summed E-state index contributed by atoms with van der Waals surface area (Å²) in [5.41, 5.74) is 0. The number of ether oxygens (including phenoxy) is 7. The Morgan fingerprint density at radius 2 is 1.67 bits per heavy atom. The molecule has 10 heteroatoms.